The first-order valence-corrected chi connectivity index (χ1v) is 5.92. The first kappa shape index (κ1) is 14.0. The van der Waals surface area contributed by atoms with Crippen LogP contribution in [0.3, 0.4) is 0 Å². The van der Waals surface area contributed by atoms with Gasteiger partial charge in [-0.3, -0.25) is 10.1 Å². The highest BCUT2D eigenvalue weighted by atomic mass is 19.1. The molecule has 0 unspecified atom stereocenters. The van der Waals surface area contributed by atoms with Crippen LogP contribution in [0, 0.1) is 22.9 Å². The molecule has 6 heteroatoms. The molecule has 0 aliphatic carbocycles. The third kappa shape index (κ3) is 2.92. The van der Waals surface area contributed by atoms with E-state index in [1.54, 1.807) is 19.1 Å². The Morgan fingerprint density at radius 3 is 2.60 bits per heavy atom. The zero-order chi connectivity index (χ0) is 14.7. The van der Waals surface area contributed by atoms with Crippen molar-refractivity contribution >= 4 is 5.69 Å². The molecule has 0 amide bonds. The maximum atomic E-state index is 13.8. The van der Waals surface area contributed by atoms with Crippen LogP contribution in [-0.2, 0) is 6.54 Å². The highest BCUT2D eigenvalue weighted by Crippen LogP contribution is 2.30. The molecule has 0 aromatic heterocycles. The summed E-state index contributed by atoms with van der Waals surface area (Å²) in [4.78, 5) is 10.2. The smallest absolute Gasteiger partial charge is 0.273 e. The average Bonchev–Trinajstić information content (AvgIpc) is 2.42. The minimum atomic E-state index is -0.557. The summed E-state index contributed by atoms with van der Waals surface area (Å²) in [5, 5.41) is 10.7. The topological polar surface area (TPSA) is 78.4 Å². The van der Waals surface area contributed by atoms with Crippen LogP contribution < -0.4 is 10.5 Å². The van der Waals surface area contributed by atoms with E-state index in [1.165, 1.54) is 24.3 Å². The molecule has 5 nitrogen and oxygen atoms in total. The molecule has 0 radical (unpaired) electrons. The third-order valence-corrected chi connectivity index (χ3v) is 2.83. The van der Waals surface area contributed by atoms with Crippen LogP contribution in [0.5, 0.6) is 11.5 Å². The van der Waals surface area contributed by atoms with E-state index in [0.717, 1.165) is 0 Å². The van der Waals surface area contributed by atoms with Gasteiger partial charge >= 0.3 is 0 Å². The van der Waals surface area contributed by atoms with Crippen LogP contribution in [0.4, 0.5) is 10.1 Å². The molecule has 0 saturated carbocycles. The number of non-ortho nitro benzene ring substituents is 1. The Kier molecular flexibility index (Phi) is 3.95. The highest BCUT2D eigenvalue weighted by molar-refractivity contribution is 5.46. The van der Waals surface area contributed by atoms with Crippen molar-refractivity contribution in [2.45, 2.75) is 13.5 Å². The molecule has 0 saturated heterocycles. The molecule has 0 fully saturated rings. The highest BCUT2D eigenvalue weighted by Gasteiger charge is 2.12. The van der Waals surface area contributed by atoms with E-state index < -0.39 is 10.7 Å². The van der Waals surface area contributed by atoms with Crippen molar-refractivity contribution in [1.82, 2.24) is 0 Å². The number of nitrogens with zero attached hydrogens (tertiary/aromatic N) is 1. The normalized spacial score (nSPS) is 10.3. The average molecular weight is 276 g/mol. The number of nitrogens with two attached hydrogens (primary N) is 1. The number of benzene rings is 2. The van der Waals surface area contributed by atoms with E-state index in [4.69, 9.17) is 10.5 Å². The zero-order valence-corrected chi connectivity index (χ0v) is 10.8. The molecule has 0 aliphatic heterocycles. The SMILES string of the molecule is Cc1ccc([N+](=O)[O-])cc1Oc1ccc(CN)cc1F. The number of aryl methyl sites for hydroxylation is 1. The van der Waals surface area contributed by atoms with Crippen molar-refractivity contribution in [3.05, 3.63) is 63.5 Å². The molecule has 2 rings (SSSR count). The second-order valence-electron chi connectivity index (χ2n) is 4.28. The number of halogens is 1. The van der Waals surface area contributed by atoms with Crippen molar-refractivity contribution in [2.24, 2.45) is 5.73 Å². The van der Waals surface area contributed by atoms with Gasteiger partial charge in [-0.25, -0.2) is 4.39 Å². The van der Waals surface area contributed by atoms with Crippen LogP contribution in [-0.4, -0.2) is 4.92 Å². The summed E-state index contributed by atoms with van der Waals surface area (Å²) in [6.45, 7) is 1.96. The Hall–Kier alpha value is -2.47. The molecule has 0 heterocycles. The predicted octanol–water partition coefficient (Wildman–Crippen LogP) is 3.29. The summed E-state index contributed by atoms with van der Waals surface area (Å²) >= 11 is 0. The van der Waals surface area contributed by atoms with Crippen LogP contribution in [0.1, 0.15) is 11.1 Å². The predicted molar refractivity (Wildman–Crippen MR) is 72.2 cm³/mol. The fourth-order valence-electron chi connectivity index (χ4n) is 1.68. The Morgan fingerprint density at radius 1 is 1.25 bits per heavy atom. The summed E-state index contributed by atoms with van der Waals surface area (Å²) in [5.74, 6) is -0.303. The lowest BCUT2D eigenvalue weighted by molar-refractivity contribution is -0.384. The molecular weight excluding hydrogens is 263 g/mol. The maximum absolute atomic E-state index is 13.8. The fraction of sp³-hybridized carbons (Fsp3) is 0.143. The lowest BCUT2D eigenvalue weighted by Gasteiger charge is -2.10. The quantitative estimate of drug-likeness (QED) is 0.686. The standard InChI is InChI=1S/C14H13FN2O3/c1-9-2-4-11(17(18)19)7-14(9)20-13-5-3-10(8-16)6-12(13)15/h2-7H,8,16H2,1H3. The molecular formula is C14H13FN2O3. The van der Waals surface area contributed by atoms with E-state index in [-0.39, 0.29) is 23.7 Å². The first-order chi connectivity index (χ1) is 9.51. The number of nitro benzene ring substituents is 1. The van der Waals surface area contributed by atoms with Gasteiger partial charge in [-0.1, -0.05) is 6.07 Å². The van der Waals surface area contributed by atoms with Crippen molar-refractivity contribution in [3.63, 3.8) is 0 Å². The van der Waals surface area contributed by atoms with E-state index in [1.807, 2.05) is 0 Å². The van der Waals surface area contributed by atoms with Crippen LogP contribution in [0.25, 0.3) is 0 Å². The monoisotopic (exact) mass is 276 g/mol. The third-order valence-electron chi connectivity index (χ3n) is 2.83. The Morgan fingerprint density at radius 2 is 2.00 bits per heavy atom. The largest absolute Gasteiger partial charge is 0.454 e. The van der Waals surface area contributed by atoms with Gasteiger partial charge in [-0.05, 0) is 36.2 Å². The summed E-state index contributed by atoms with van der Waals surface area (Å²) < 4.78 is 19.2. The van der Waals surface area contributed by atoms with Crippen molar-refractivity contribution in [3.8, 4) is 11.5 Å². The van der Waals surface area contributed by atoms with E-state index in [9.17, 15) is 14.5 Å². The fourth-order valence-corrected chi connectivity index (χ4v) is 1.68. The first-order valence-electron chi connectivity index (χ1n) is 5.92. The number of nitro groups is 1. The number of rotatable bonds is 4. The van der Waals surface area contributed by atoms with Gasteiger partial charge in [-0.2, -0.15) is 0 Å². The molecule has 2 aromatic carbocycles. The van der Waals surface area contributed by atoms with Gasteiger partial charge in [0.05, 0.1) is 11.0 Å². The minimum absolute atomic E-state index is 0.00537. The van der Waals surface area contributed by atoms with Crippen LogP contribution >= 0.6 is 0 Å². The van der Waals surface area contributed by atoms with Gasteiger partial charge < -0.3 is 10.5 Å². The lowest BCUT2D eigenvalue weighted by atomic mass is 10.2. The molecule has 0 aliphatic rings. The molecule has 2 N–H and O–H groups in total. The molecule has 0 atom stereocenters. The maximum Gasteiger partial charge on any atom is 0.273 e. The second-order valence-corrected chi connectivity index (χ2v) is 4.28. The number of hydrogen-bond acceptors (Lipinski definition) is 4. The lowest BCUT2D eigenvalue weighted by Crippen LogP contribution is -1.98. The zero-order valence-electron chi connectivity index (χ0n) is 10.8. The van der Waals surface area contributed by atoms with Crippen molar-refractivity contribution in [1.29, 1.82) is 0 Å². The number of ether oxygens (including phenoxy) is 1. The van der Waals surface area contributed by atoms with Gasteiger partial charge in [0.1, 0.15) is 5.75 Å². The molecule has 0 spiro atoms. The van der Waals surface area contributed by atoms with Gasteiger partial charge in [0.2, 0.25) is 0 Å². The summed E-state index contributed by atoms with van der Waals surface area (Å²) in [6.07, 6.45) is 0. The Labute approximate surface area is 114 Å². The van der Waals surface area contributed by atoms with Gasteiger partial charge in [0, 0.05) is 12.6 Å². The van der Waals surface area contributed by atoms with Gasteiger partial charge in [0.25, 0.3) is 5.69 Å². The second kappa shape index (κ2) is 5.66. The van der Waals surface area contributed by atoms with Gasteiger partial charge in [-0.15, -0.1) is 0 Å². The van der Waals surface area contributed by atoms with Gasteiger partial charge in [0.15, 0.2) is 11.6 Å². The van der Waals surface area contributed by atoms with Crippen molar-refractivity contribution in [2.75, 3.05) is 0 Å². The summed E-state index contributed by atoms with van der Waals surface area (Å²) in [7, 11) is 0. The van der Waals surface area contributed by atoms with E-state index in [0.29, 0.717) is 11.1 Å². The molecule has 20 heavy (non-hydrogen) atoms. The van der Waals surface area contributed by atoms with E-state index >= 15 is 0 Å². The van der Waals surface area contributed by atoms with Crippen LogP contribution in [0.2, 0.25) is 0 Å². The molecule has 0 bridgehead atoms. The van der Waals surface area contributed by atoms with E-state index in [2.05, 4.69) is 0 Å². The van der Waals surface area contributed by atoms with Crippen LogP contribution in [0.15, 0.2) is 36.4 Å². The molecule has 104 valence electrons. The number of hydrogen-bond donors (Lipinski definition) is 1. The minimum Gasteiger partial charge on any atom is -0.454 e. The van der Waals surface area contributed by atoms with Crippen molar-refractivity contribution < 1.29 is 14.1 Å². The summed E-state index contributed by atoms with van der Waals surface area (Å²) in [5.41, 5.74) is 6.63. The summed E-state index contributed by atoms with van der Waals surface area (Å²) in [6, 6.07) is 8.57. The Bertz CT molecular complexity index is 659. The molecule has 2 aromatic rings. The Balaban J connectivity index is 2.34.